The molecular weight excluding hydrogens is 230 g/mol. The van der Waals surface area contributed by atoms with Crippen molar-refractivity contribution >= 4 is 0 Å². The maximum atomic E-state index is 7.12. The quantitative estimate of drug-likeness (QED) is 0.631. The van der Waals surface area contributed by atoms with Crippen molar-refractivity contribution in [1.29, 1.82) is 0 Å². The van der Waals surface area contributed by atoms with Crippen LogP contribution in [0, 0.1) is 6.57 Å². The molecule has 0 heterocycles. The molecule has 0 bridgehead atoms. The highest BCUT2D eigenvalue weighted by atomic mass is 14.7. The van der Waals surface area contributed by atoms with Gasteiger partial charge >= 0.3 is 0 Å². The van der Waals surface area contributed by atoms with E-state index in [-0.39, 0.29) is 0 Å². The first-order chi connectivity index (χ1) is 9.36. The highest BCUT2D eigenvalue weighted by Crippen LogP contribution is 2.37. The average molecular weight is 253 g/mol. The van der Waals surface area contributed by atoms with Crippen LogP contribution in [0.25, 0.3) is 4.85 Å². The summed E-state index contributed by atoms with van der Waals surface area (Å²) in [6.45, 7) is 7.12. The standard InChI is InChI=1S/C18H23N/c1-19-18-12-10-17(11-13-18)16-8-6-15(7-9-16)14-4-2-3-5-14/h6-9,14,17-18H,2-5,10-13H2. The Hall–Kier alpha value is -1.29. The molecule has 100 valence electrons. The van der Waals surface area contributed by atoms with E-state index in [2.05, 4.69) is 29.1 Å². The lowest BCUT2D eigenvalue weighted by molar-refractivity contribution is 0.425. The third kappa shape index (κ3) is 2.84. The molecule has 0 unspecified atom stereocenters. The number of rotatable bonds is 2. The lowest BCUT2D eigenvalue weighted by Crippen LogP contribution is -2.14. The van der Waals surface area contributed by atoms with Crippen LogP contribution in [0.4, 0.5) is 0 Å². The molecular formula is C18H23N. The monoisotopic (exact) mass is 253 g/mol. The minimum Gasteiger partial charge on any atom is -0.314 e. The van der Waals surface area contributed by atoms with Crippen LogP contribution in [0.2, 0.25) is 0 Å². The molecule has 0 aromatic heterocycles. The summed E-state index contributed by atoms with van der Waals surface area (Å²) in [7, 11) is 0. The van der Waals surface area contributed by atoms with Gasteiger partial charge in [0.2, 0.25) is 6.04 Å². The van der Waals surface area contributed by atoms with Gasteiger partial charge in [0.1, 0.15) is 0 Å². The Labute approximate surface area is 116 Å². The Morgan fingerprint density at radius 1 is 0.737 bits per heavy atom. The molecule has 3 rings (SSSR count). The fraction of sp³-hybridized carbons (Fsp3) is 0.611. The van der Waals surface area contributed by atoms with E-state index in [0.717, 1.165) is 18.8 Å². The summed E-state index contributed by atoms with van der Waals surface area (Å²) >= 11 is 0. The van der Waals surface area contributed by atoms with E-state index in [9.17, 15) is 0 Å². The number of hydrogen-bond acceptors (Lipinski definition) is 0. The molecule has 0 spiro atoms. The van der Waals surface area contributed by atoms with Gasteiger partial charge in [-0.3, -0.25) is 0 Å². The van der Waals surface area contributed by atoms with Crippen molar-refractivity contribution in [3.63, 3.8) is 0 Å². The fourth-order valence-electron chi connectivity index (χ4n) is 3.84. The summed E-state index contributed by atoms with van der Waals surface area (Å²) in [5.41, 5.74) is 3.06. The van der Waals surface area contributed by atoms with E-state index in [1.807, 2.05) is 0 Å². The SMILES string of the molecule is [C-]#[N+]C1CCC(c2ccc(C3CCCC3)cc2)CC1. The first kappa shape index (κ1) is 12.7. The largest absolute Gasteiger partial charge is 0.314 e. The molecule has 0 amide bonds. The van der Waals surface area contributed by atoms with Crippen molar-refractivity contribution in [2.75, 3.05) is 0 Å². The molecule has 1 heteroatoms. The van der Waals surface area contributed by atoms with E-state index in [4.69, 9.17) is 6.57 Å². The summed E-state index contributed by atoms with van der Waals surface area (Å²) in [4.78, 5) is 3.69. The van der Waals surface area contributed by atoms with E-state index in [0.29, 0.717) is 12.0 Å². The minimum atomic E-state index is 0.300. The molecule has 2 aliphatic carbocycles. The summed E-state index contributed by atoms with van der Waals surface area (Å²) in [5, 5.41) is 0. The van der Waals surface area contributed by atoms with Gasteiger partial charge in [-0.1, -0.05) is 37.1 Å². The van der Waals surface area contributed by atoms with Gasteiger partial charge in [0.15, 0.2) is 0 Å². The maximum Gasteiger partial charge on any atom is 0.223 e. The van der Waals surface area contributed by atoms with Crippen molar-refractivity contribution in [2.45, 2.75) is 69.2 Å². The first-order valence-corrected chi connectivity index (χ1v) is 7.83. The summed E-state index contributed by atoms with van der Waals surface area (Å²) in [6, 6.07) is 9.75. The van der Waals surface area contributed by atoms with Gasteiger partial charge in [0.05, 0.1) is 0 Å². The zero-order valence-electron chi connectivity index (χ0n) is 11.6. The van der Waals surface area contributed by atoms with Gasteiger partial charge in [-0.25, -0.2) is 6.57 Å². The van der Waals surface area contributed by atoms with E-state index < -0.39 is 0 Å². The van der Waals surface area contributed by atoms with Crippen LogP contribution in [0.1, 0.15) is 74.3 Å². The molecule has 1 nitrogen and oxygen atoms in total. The van der Waals surface area contributed by atoms with Crippen molar-refractivity contribution in [2.24, 2.45) is 0 Å². The van der Waals surface area contributed by atoms with Crippen molar-refractivity contribution < 1.29 is 0 Å². The lowest BCUT2D eigenvalue weighted by atomic mass is 9.81. The zero-order chi connectivity index (χ0) is 13.1. The second-order valence-electron chi connectivity index (χ2n) is 6.28. The zero-order valence-corrected chi connectivity index (χ0v) is 11.6. The number of nitrogens with zero attached hydrogens (tertiary/aromatic N) is 1. The molecule has 1 aromatic carbocycles. The molecule has 0 atom stereocenters. The number of benzene rings is 1. The fourth-order valence-corrected chi connectivity index (χ4v) is 3.84. The highest BCUT2D eigenvalue weighted by molar-refractivity contribution is 5.28. The van der Waals surface area contributed by atoms with Crippen molar-refractivity contribution in [1.82, 2.24) is 0 Å². The molecule has 0 N–H and O–H groups in total. The van der Waals surface area contributed by atoms with Crippen LogP contribution in [-0.4, -0.2) is 6.04 Å². The molecule has 2 aliphatic rings. The maximum absolute atomic E-state index is 7.12. The van der Waals surface area contributed by atoms with Crippen LogP contribution in [-0.2, 0) is 0 Å². The highest BCUT2D eigenvalue weighted by Gasteiger charge is 2.25. The summed E-state index contributed by atoms with van der Waals surface area (Å²) < 4.78 is 0. The van der Waals surface area contributed by atoms with Gasteiger partial charge in [-0.05, 0) is 48.6 Å². The van der Waals surface area contributed by atoms with Crippen LogP contribution in [0.5, 0.6) is 0 Å². The normalized spacial score (nSPS) is 28.2. The summed E-state index contributed by atoms with van der Waals surface area (Å²) in [5.74, 6) is 1.53. The lowest BCUT2D eigenvalue weighted by Gasteiger charge is -2.23. The molecule has 19 heavy (non-hydrogen) atoms. The van der Waals surface area contributed by atoms with Gasteiger partial charge < -0.3 is 4.85 Å². The van der Waals surface area contributed by atoms with Gasteiger partial charge in [0, 0.05) is 12.8 Å². The van der Waals surface area contributed by atoms with Gasteiger partial charge in [-0.15, -0.1) is 0 Å². The Morgan fingerprint density at radius 3 is 1.68 bits per heavy atom. The predicted molar refractivity (Wildman–Crippen MR) is 79.3 cm³/mol. The second kappa shape index (κ2) is 5.78. The Kier molecular flexibility index (Phi) is 3.87. The Morgan fingerprint density at radius 2 is 1.21 bits per heavy atom. The van der Waals surface area contributed by atoms with Crippen LogP contribution < -0.4 is 0 Å². The van der Waals surface area contributed by atoms with E-state index in [1.165, 1.54) is 44.1 Å². The molecule has 2 fully saturated rings. The Balaban J connectivity index is 1.64. The molecule has 2 saturated carbocycles. The molecule has 1 aromatic rings. The topological polar surface area (TPSA) is 4.36 Å². The smallest absolute Gasteiger partial charge is 0.223 e. The van der Waals surface area contributed by atoms with Crippen LogP contribution in [0.3, 0.4) is 0 Å². The van der Waals surface area contributed by atoms with Gasteiger partial charge in [0.25, 0.3) is 0 Å². The second-order valence-corrected chi connectivity index (χ2v) is 6.28. The number of hydrogen-bond donors (Lipinski definition) is 0. The molecule has 0 aliphatic heterocycles. The Bertz CT molecular complexity index is 440. The van der Waals surface area contributed by atoms with Gasteiger partial charge in [-0.2, -0.15) is 0 Å². The molecule has 0 saturated heterocycles. The predicted octanol–water partition coefficient (Wildman–Crippen LogP) is 5.29. The molecule has 0 radical (unpaired) electrons. The summed E-state index contributed by atoms with van der Waals surface area (Å²) in [6.07, 6.45) is 10.2. The minimum absolute atomic E-state index is 0.300. The van der Waals surface area contributed by atoms with Crippen molar-refractivity contribution in [3.05, 3.63) is 46.8 Å². The third-order valence-corrected chi connectivity index (χ3v) is 5.11. The van der Waals surface area contributed by atoms with Crippen LogP contribution >= 0.6 is 0 Å². The van der Waals surface area contributed by atoms with Crippen molar-refractivity contribution in [3.8, 4) is 0 Å². The van der Waals surface area contributed by atoms with Crippen LogP contribution in [0.15, 0.2) is 24.3 Å². The third-order valence-electron chi connectivity index (χ3n) is 5.11. The first-order valence-electron chi connectivity index (χ1n) is 7.83. The van der Waals surface area contributed by atoms with E-state index in [1.54, 1.807) is 5.56 Å². The van der Waals surface area contributed by atoms with E-state index >= 15 is 0 Å². The average Bonchev–Trinajstić information content (AvgIpc) is 3.02.